The second-order valence-corrected chi connectivity index (χ2v) is 7.89. The van der Waals surface area contributed by atoms with Crippen molar-refractivity contribution in [1.82, 2.24) is 4.57 Å². The Morgan fingerprint density at radius 3 is 2.52 bits per heavy atom. The van der Waals surface area contributed by atoms with Crippen LogP contribution in [0.2, 0.25) is 0 Å². The van der Waals surface area contributed by atoms with E-state index in [9.17, 15) is 13.2 Å². The number of hydrogen-bond donors (Lipinski definition) is 1. The first kappa shape index (κ1) is 15.6. The van der Waals surface area contributed by atoms with E-state index in [1.54, 1.807) is 32.2 Å². The SMILES string of the molecule is CCn1cc(CS(=O)(=O)C(C)C)c2ccc(C(=O)O)cc21. The van der Waals surface area contributed by atoms with Gasteiger partial charge < -0.3 is 9.67 Å². The van der Waals surface area contributed by atoms with Crippen molar-refractivity contribution in [1.29, 1.82) is 0 Å². The summed E-state index contributed by atoms with van der Waals surface area (Å²) in [6.07, 6.45) is 1.80. The van der Waals surface area contributed by atoms with E-state index in [4.69, 9.17) is 5.11 Å². The molecule has 0 spiro atoms. The van der Waals surface area contributed by atoms with Gasteiger partial charge in [0.25, 0.3) is 0 Å². The van der Waals surface area contributed by atoms with Gasteiger partial charge in [-0.15, -0.1) is 0 Å². The van der Waals surface area contributed by atoms with E-state index >= 15 is 0 Å². The van der Waals surface area contributed by atoms with Crippen LogP contribution < -0.4 is 0 Å². The molecule has 0 saturated heterocycles. The molecule has 0 saturated carbocycles. The molecule has 0 unspecified atom stereocenters. The standard InChI is InChI=1S/C15H19NO4S/c1-4-16-8-12(9-21(19,20)10(2)3)13-6-5-11(15(17)18)7-14(13)16/h5-8,10H,4,9H2,1-3H3,(H,17,18). The minimum atomic E-state index is -3.19. The van der Waals surface area contributed by atoms with E-state index in [0.717, 1.165) is 16.5 Å². The number of benzene rings is 1. The summed E-state index contributed by atoms with van der Waals surface area (Å²) in [5, 5.41) is 9.43. The zero-order valence-corrected chi connectivity index (χ0v) is 13.1. The Morgan fingerprint density at radius 1 is 1.33 bits per heavy atom. The number of carbonyl (C=O) groups is 1. The van der Waals surface area contributed by atoms with Crippen molar-refractivity contribution in [2.45, 2.75) is 38.3 Å². The molecular formula is C15H19NO4S. The average molecular weight is 309 g/mol. The van der Waals surface area contributed by atoms with Crippen molar-refractivity contribution in [3.8, 4) is 0 Å². The Morgan fingerprint density at radius 2 is 2.00 bits per heavy atom. The van der Waals surface area contributed by atoms with Gasteiger partial charge in [0.1, 0.15) is 0 Å². The molecule has 114 valence electrons. The van der Waals surface area contributed by atoms with Crippen molar-refractivity contribution in [2.75, 3.05) is 0 Å². The molecule has 1 aromatic heterocycles. The third-order valence-corrected chi connectivity index (χ3v) is 5.78. The van der Waals surface area contributed by atoms with Crippen LogP contribution in [0.15, 0.2) is 24.4 Å². The highest BCUT2D eigenvalue weighted by Gasteiger charge is 2.20. The van der Waals surface area contributed by atoms with Gasteiger partial charge in [-0.1, -0.05) is 6.07 Å². The van der Waals surface area contributed by atoms with Gasteiger partial charge in [0.2, 0.25) is 0 Å². The number of aromatic carboxylic acids is 1. The molecule has 1 heterocycles. The van der Waals surface area contributed by atoms with Crippen LogP contribution in [0, 0.1) is 0 Å². The van der Waals surface area contributed by atoms with E-state index in [1.165, 1.54) is 6.07 Å². The molecule has 2 aromatic rings. The lowest BCUT2D eigenvalue weighted by Gasteiger charge is -2.06. The highest BCUT2D eigenvalue weighted by molar-refractivity contribution is 7.91. The summed E-state index contributed by atoms with van der Waals surface area (Å²) in [6, 6.07) is 4.79. The number of nitrogens with zero attached hydrogens (tertiary/aromatic N) is 1. The van der Waals surface area contributed by atoms with Crippen LogP contribution in [-0.2, 0) is 22.1 Å². The molecular weight excluding hydrogens is 290 g/mol. The Hall–Kier alpha value is -1.82. The van der Waals surface area contributed by atoms with Gasteiger partial charge in [0, 0.05) is 23.6 Å². The van der Waals surface area contributed by atoms with Gasteiger partial charge in [0.15, 0.2) is 9.84 Å². The van der Waals surface area contributed by atoms with Crippen LogP contribution in [0.5, 0.6) is 0 Å². The molecule has 21 heavy (non-hydrogen) atoms. The highest BCUT2D eigenvalue weighted by Crippen LogP contribution is 2.25. The minimum absolute atomic E-state index is 0.0272. The quantitative estimate of drug-likeness (QED) is 0.921. The summed E-state index contributed by atoms with van der Waals surface area (Å²) < 4.78 is 26.1. The molecule has 5 nitrogen and oxygen atoms in total. The molecule has 1 aromatic carbocycles. The molecule has 0 aliphatic rings. The van der Waals surface area contributed by atoms with Crippen LogP contribution in [0.3, 0.4) is 0 Å². The number of fused-ring (bicyclic) bond motifs is 1. The maximum atomic E-state index is 12.1. The Balaban J connectivity index is 2.59. The third kappa shape index (κ3) is 2.95. The van der Waals surface area contributed by atoms with E-state index in [1.807, 2.05) is 11.5 Å². The predicted molar refractivity (Wildman–Crippen MR) is 82.3 cm³/mol. The van der Waals surface area contributed by atoms with E-state index in [0.29, 0.717) is 6.54 Å². The first-order chi connectivity index (χ1) is 9.76. The number of sulfone groups is 1. The van der Waals surface area contributed by atoms with E-state index < -0.39 is 21.1 Å². The van der Waals surface area contributed by atoms with Gasteiger partial charge in [-0.3, -0.25) is 0 Å². The van der Waals surface area contributed by atoms with Crippen LogP contribution in [0.25, 0.3) is 10.9 Å². The Kier molecular flexibility index (Phi) is 4.09. The zero-order chi connectivity index (χ0) is 15.8. The molecule has 0 radical (unpaired) electrons. The normalized spacial score (nSPS) is 12.2. The fraction of sp³-hybridized carbons (Fsp3) is 0.400. The van der Waals surface area contributed by atoms with Crippen molar-refractivity contribution >= 4 is 26.7 Å². The monoisotopic (exact) mass is 309 g/mol. The van der Waals surface area contributed by atoms with Gasteiger partial charge in [0.05, 0.1) is 16.6 Å². The highest BCUT2D eigenvalue weighted by atomic mass is 32.2. The summed E-state index contributed by atoms with van der Waals surface area (Å²) in [6.45, 7) is 5.92. The van der Waals surface area contributed by atoms with Crippen molar-refractivity contribution in [2.24, 2.45) is 0 Å². The van der Waals surface area contributed by atoms with Crippen LogP contribution >= 0.6 is 0 Å². The zero-order valence-electron chi connectivity index (χ0n) is 12.3. The lowest BCUT2D eigenvalue weighted by molar-refractivity contribution is 0.0697. The lowest BCUT2D eigenvalue weighted by Crippen LogP contribution is -2.15. The summed E-state index contributed by atoms with van der Waals surface area (Å²) in [5.74, 6) is -1.02. The average Bonchev–Trinajstić information content (AvgIpc) is 2.75. The second kappa shape index (κ2) is 5.52. The van der Waals surface area contributed by atoms with E-state index in [-0.39, 0.29) is 11.3 Å². The lowest BCUT2D eigenvalue weighted by atomic mass is 10.1. The molecule has 0 bridgehead atoms. The Bertz CT molecular complexity index is 787. The maximum absolute atomic E-state index is 12.1. The van der Waals surface area contributed by atoms with Crippen molar-refractivity contribution in [3.05, 3.63) is 35.5 Å². The van der Waals surface area contributed by atoms with Crippen LogP contribution in [-0.4, -0.2) is 29.3 Å². The first-order valence-corrected chi connectivity index (χ1v) is 8.54. The molecule has 1 N–H and O–H groups in total. The fourth-order valence-corrected chi connectivity index (χ4v) is 3.26. The number of aryl methyl sites for hydroxylation is 1. The number of aromatic nitrogens is 1. The van der Waals surface area contributed by atoms with E-state index in [2.05, 4.69) is 0 Å². The predicted octanol–water partition coefficient (Wildman–Crippen LogP) is 2.68. The van der Waals surface area contributed by atoms with Gasteiger partial charge in [-0.2, -0.15) is 0 Å². The number of hydrogen-bond acceptors (Lipinski definition) is 3. The van der Waals surface area contributed by atoms with Gasteiger partial charge in [-0.25, -0.2) is 13.2 Å². The maximum Gasteiger partial charge on any atom is 0.335 e. The van der Waals surface area contributed by atoms with Gasteiger partial charge in [-0.05, 0) is 38.5 Å². The smallest absolute Gasteiger partial charge is 0.335 e. The summed E-state index contributed by atoms with van der Waals surface area (Å²) in [4.78, 5) is 11.1. The summed E-state index contributed by atoms with van der Waals surface area (Å²) in [7, 11) is -3.19. The first-order valence-electron chi connectivity index (χ1n) is 6.83. The second-order valence-electron chi connectivity index (χ2n) is 5.33. The minimum Gasteiger partial charge on any atom is -0.478 e. The van der Waals surface area contributed by atoms with Crippen molar-refractivity contribution in [3.63, 3.8) is 0 Å². The number of carboxylic acids is 1. The molecule has 6 heteroatoms. The molecule has 0 fully saturated rings. The molecule has 0 atom stereocenters. The van der Waals surface area contributed by atoms with Crippen LogP contribution in [0.1, 0.15) is 36.7 Å². The largest absolute Gasteiger partial charge is 0.478 e. The Labute approximate surface area is 124 Å². The van der Waals surface area contributed by atoms with Gasteiger partial charge >= 0.3 is 5.97 Å². The molecule has 0 aliphatic carbocycles. The number of rotatable bonds is 5. The van der Waals surface area contributed by atoms with Crippen molar-refractivity contribution < 1.29 is 18.3 Å². The summed E-state index contributed by atoms with van der Waals surface area (Å²) in [5.41, 5.74) is 1.68. The van der Waals surface area contributed by atoms with Crippen LogP contribution in [0.4, 0.5) is 0 Å². The summed E-state index contributed by atoms with van der Waals surface area (Å²) >= 11 is 0. The molecule has 2 rings (SSSR count). The topological polar surface area (TPSA) is 76.4 Å². The molecule has 0 amide bonds. The third-order valence-electron chi connectivity index (χ3n) is 3.63. The number of carboxylic acid groups (broad SMARTS) is 1. The molecule has 0 aliphatic heterocycles. The fourth-order valence-electron chi connectivity index (χ4n) is 2.26.